The fourth-order valence-corrected chi connectivity index (χ4v) is 5.14. The molecule has 10 nitrogen and oxygen atoms in total. The van der Waals surface area contributed by atoms with E-state index in [1.54, 1.807) is 27.7 Å². The number of methoxy groups -OCH3 is 1. The number of aliphatic hydroxyl groups is 1. The van der Waals surface area contributed by atoms with Crippen LogP contribution in [-0.4, -0.2) is 77.8 Å². The lowest BCUT2D eigenvalue weighted by Crippen LogP contribution is -2.57. The molecular weight excluding hydrogens is 490 g/mol. The predicted octanol–water partition coefficient (Wildman–Crippen LogP) is 1.69. The van der Waals surface area contributed by atoms with Crippen molar-refractivity contribution in [3.63, 3.8) is 0 Å². The summed E-state index contributed by atoms with van der Waals surface area (Å²) in [5, 5.41) is 18.5. The maximum atomic E-state index is 13.4. The highest BCUT2D eigenvalue weighted by Gasteiger charge is 2.50. The average Bonchev–Trinajstić information content (AvgIpc) is 3.41. The Morgan fingerprint density at radius 2 is 1.71 bits per heavy atom. The van der Waals surface area contributed by atoms with Gasteiger partial charge in [0.05, 0.1) is 24.4 Å². The Bertz CT molecular complexity index is 917. The molecule has 38 heavy (non-hydrogen) atoms. The largest absolute Gasteiger partial charge is 0.390 e. The third-order valence-electron chi connectivity index (χ3n) is 8.12. The van der Waals surface area contributed by atoms with E-state index >= 15 is 0 Å². The van der Waals surface area contributed by atoms with Crippen LogP contribution in [0.1, 0.15) is 85.5 Å². The van der Waals surface area contributed by atoms with Crippen molar-refractivity contribution >= 4 is 23.5 Å². The molecule has 1 unspecified atom stereocenters. The Morgan fingerprint density at radius 3 is 2.26 bits per heavy atom. The topological polar surface area (TPSA) is 146 Å². The number of hydrogen-bond acceptors (Lipinski definition) is 7. The van der Waals surface area contributed by atoms with E-state index in [4.69, 9.17) is 9.47 Å². The van der Waals surface area contributed by atoms with Gasteiger partial charge in [-0.25, -0.2) is 0 Å². The van der Waals surface area contributed by atoms with Gasteiger partial charge in [0.15, 0.2) is 5.78 Å². The van der Waals surface area contributed by atoms with Crippen molar-refractivity contribution in [1.29, 1.82) is 0 Å². The van der Waals surface area contributed by atoms with Gasteiger partial charge in [0.2, 0.25) is 17.7 Å². The average molecular weight is 536 g/mol. The predicted molar refractivity (Wildman–Crippen MR) is 141 cm³/mol. The van der Waals surface area contributed by atoms with Crippen LogP contribution in [0, 0.1) is 5.92 Å². The number of rotatable bonds is 13. The second-order valence-corrected chi connectivity index (χ2v) is 11.7. The Hall–Kier alpha value is -2.30. The van der Waals surface area contributed by atoms with Gasteiger partial charge in [-0.2, -0.15) is 0 Å². The number of epoxide rings is 1. The van der Waals surface area contributed by atoms with Crippen LogP contribution in [0.2, 0.25) is 0 Å². The molecule has 1 aliphatic heterocycles. The highest BCUT2D eigenvalue weighted by atomic mass is 16.6. The summed E-state index contributed by atoms with van der Waals surface area (Å²) >= 11 is 0. The number of Topliss-reactive ketones (excluding diaryl/α,β-unsaturated/α-hetero) is 1. The number of ketones is 1. The van der Waals surface area contributed by atoms with Crippen LogP contribution >= 0.6 is 0 Å². The van der Waals surface area contributed by atoms with E-state index in [1.165, 1.54) is 7.11 Å². The van der Waals surface area contributed by atoms with Gasteiger partial charge in [0, 0.05) is 19.4 Å². The maximum absolute atomic E-state index is 13.4. The minimum absolute atomic E-state index is 0.171. The van der Waals surface area contributed by atoms with Crippen LogP contribution in [0.5, 0.6) is 0 Å². The molecule has 3 aliphatic rings. The fraction of sp³-hybridized carbons (Fsp3) is 0.786. The summed E-state index contributed by atoms with van der Waals surface area (Å²) in [6, 6.07) is -2.57. The molecular formula is C28H45N3O7. The zero-order valence-electron chi connectivity index (χ0n) is 23.4. The van der Waals surface area contributed by atoms with Crippen LogP contribution in [0.25, 0.3) is 0 Å². The van der Waals surface area contributed by atoms with Gasteiger partial charge in [-0.15, -0.1) is 0 Å². The van der Waals surface area contributed by atoms with Crippen molar-refractivity contribution in [1.82, 2.24) is 16.0 Å². The lowest BCUT2D eigenvalue weighted by Gasteiger charge is -2.32. The SMILES string of the molecule is COC(C)C[C@H](NC(=O)[C@@H](C)NC(=O)[C@H]1CC[C@](C)(O)CC1)C(=O)N[C@@H](CC1=CCCC1)C(=O)[C@@]1(C)CO1. The molecule has 1 saturated carbocycles. The molecule has 2 aliphatic carbocycles. The number of amides is 3. The fourth-order valence-electron chi connectivity index (χ4n) is 5.14. The van der Waals surface area contributed by atoms with Crippen LogP contribution in [-0.2, 0) is 28.7 Å². The van der Waals surface area contributed by atoms with E-state index in [9.17, 15) is 24.3 Å². The van der Waals surface area contributed by atoms with Crippen molar-refractivity contribution in [3.05, 3.63) is 11.6 Å². The second-order valence-electron chi connectivity index (χ2n) is 11.7. The lowest BCUT2D eigenvalue weighted by atomic mass is 9.79. The molecule has 5 atom stereocenters. The number of nitrogens with one attached hydrogen (secondary N) is 3. The van der Waals surface area contributed by atoms with Crippen molar-refractivity contribution in [2.24, 2.45) is 5.92 Å². The van der Waals surface area contributed by atoms with E-state index in [-0.39, 0.29) is 30.1 Å². The van der Waals surface area contributed by atoms with Crippen LogP contribution in [0.4, 0.5) is 0 Å². The summed E-state index contributed by atoms with van der Waals surface area (Å²) in [5.41, 5.74) is -0.505. The third kappa shape index (κ3) is 8.35. The van der Waals surface area contributed by atoms with Gasteiger partial charge in [-0.1, -0.05) is 11.6 Å². The zero-order valence-corrected chi connectivity index (χ0v) is 23.4. The number of carbonyl (C=O) groups excluding carboxylic acids is 4. The van der Waals surface area contributed by atoms with E-state index in [0.29, 0.717) is 38.7 Å². The molecule has 0 radical (unpaired) electrons. The van der Waals surface area contributed by atoms with Crippen LogP contribution in [0.3, 0.4) is 0 Å². The molecule has 1 heterocycles. The Balaban J connectivity index is 1.63. The quantitative estimate of drug-likeness (QED) is 0.207. The summed E-state index contributed by atoms with van der Waals surface area (Å²) in [5.74, 6) is -1.64. The van der Waals surface area contributed by atoms with Crippen molar-refractivity contribution in [2.75, 3.05) is 13.7 Å². The number of carbonyl (C=O) groups is 4. The minimum Gasteiger partial charge on any atom is -0.390 e. The maximum Gasteiger partial charge on any atom is 0.243 e. The summed E-state index contributed by atoms with van der Waals surface area (Å²) in [6.45, 7) is 7.19. The smallest absolute Gasteiger partial charge is 0.243 e. The Kier molecular flexibility index (Phi) is 10.1. The molecule has 2 fully saturated rings. The molecule has 10 heteroatoms. The number of allylic oxidation sites excluding steroid dienone is 1. The first-order valence-corrected chi connectivity index (χ1v) is 13.9. The molecule has 3 amide bonds. The minimum atomic E-state index is -0.956. The van der Waals surface area contributed by atoms with Crippen LogP contribution in [0.15, 0.2) is 11.6 Å². The molecule has 3 rings (SSSR count). The van der Waals surface area contributed by atoms with Crippen molar-refractivity contribution in [2.45, 2.75) is 121 Å². The monoisotopic (exact) mass is 535 g/mol. The van der Waals surface area contributed by atoms with Crippen LogP contribution < -0.4 is 16.0 Å². The van der Waals surface area contributed by atoms with Gasteiger partial charge in [0.1, 0.15) is 17.7 Å². The molecule has 1 saturated heterocycles. The highest BCUT2D eigenvalue weighted by molar-refractivity contribution is 5.98. The van der Waals surface area contributed by atoms with E-state index < -0.39 is 41.1 Å². The molecule has 4 N–H and O–H groups in total. The summed E-state index contributed by atoms with van der Waals surface area (Å²) < 4.78 is 10.7. The van der Waals surface area contributed by atoms with Gasteiger partial charge in [-0.3, -0.25) is 19.2 Å². The molecule has 214 valence electrons. The lowest BCUT2D eigenvalue weighted by molar-refractivity contribution is -0.135. The van der Waals surface area contributed by atoms with Gasteiger partial charge < -0.3 is 30.5 Å². The first-order valence-electron chi connectivity index (χ1n) is 13.9. The molecule has 0 aromatic carbocycles. The summed E-state index contributed by atoms with van der Waals surface area (Å²) in [6.07, 6.45) is 7.47. The molecule has 0 spiro atoms. The first kappa shape index (κ1) is 30.2. The normalized spacial score (nSPS) is 29.8. The Labute approximate surface area is 225 Å². The zero-order chi connectivity index (χ0) is 28.1. The molecule has 0 bridgehead atoms. The van der Waals surface area contributed by atoms with E-state index in [1.807, 2.05) is 0 Å². The first-order chi connectivity index (χ1) is 17.8. The third-order valence-corrected chi connectivity index (χ3v) is 8.12. The Morgan fingerprint density at radius 1 is 1.08 bits per heavy atom. The summed E-state index contributed by atoms with van der Waals surface area (Å²) in [7, 11) is 1.52. The molecule has 0 aromatic rings. The van der Waals surface area contributed by atoms with Crippen molar-refractivity contribution in [3.8, 4) is 0 Å². The van der Waals surface area contributed by atoms with Gasteiger partial charge in [-0.05, 0) is 79.1 Å². The van der Waals surface area contributed by atoms with Gasteiger partial charge >= 0.3 is 0 Å². The van der Waals surface area contributed by atoms with Crippen molar-refractivity contribution < 1.29 is 33.8 Å². The molecule has 0 aromatic heterocycles. The van der Waals surface area contributed by atoms with E-state index in [2.05, 4.69) is 22.0 Å². The van der Waals surface area contributed by atoms with E-state index in [0.717, 1.165) is 24.8 Å². The standard InChI is InChI=1S/C28H45N3O7/c1-17(37-5)14-22(31-24(33)18(2)29-25(34)20-10-12-27(3,36)13-11-20)26(35)30-21(15-19-8-6-7-9-19)23(32)28(4)16-38-28/h8,17-18,20-22,36H,6-7,9-16H2,1-5H3,(H,29,34)(H,30,35)(H,31,33)/t17?,18-,20-,21+,22+,27-,28-/m1/s1. The highest BCUT2D eigenvalue weighted by Crippen LogP contribution is 2.32. The second kappa shape index (κ2) is 12.7. The van der Waals surface area contributed by atoms with Gasteiger partial charge in [0.25, 0.3) is 0 Å². The number of hydrogen-bond donors (Lipinski definition) is 4. The number of ether oxygens (including phenoxy) is 2. The summed E-state index contributed by atoms with van der Waals surface area (Å²) in [4.78, 5) is 52.3.